The topological polar surface area (TPSA) is 58.4 Å². The Morgan fingerprint density at radius 1 is 0.778 bits per heavy atom. The third kappa shape index (κ3) is 3.76. The number of hydrogen-bond acceptors (Lipinski definition) is 1. The van der Waals surface area contributed by atoms with E-state index >= 15 is 0 Å². The van der Waals surface area contributed by atoms with Crippen molar-refractivity contribution in [2.24, 2.45) is 0 Å². The van der Waals surface area contributed by atoms with E-state index in [1.807, 2.05) is 66.9 Å². The van der Waals surface area contributed by atoms with Gasteiger partial charge in [-0.1, -0.05) is 78.4 Å². The van der Waals surface area contributed by atoms with Gasteiger partial charge in [0.05, 0.1) is 17.9 Å². The van der Waals surface area contributed by atoms with Crippen molar-refractivity contribution in [2.75, 3.05) is 0 Å². The minimum absolute atomic E-state index is 0. The Hall–Kier alpha value is -3.37. The molecule has 1 aromatic heterocycles. The van der Waals surface area contributed by atoms with Crippen molar-refractivity contribution < 1.29 is 5.48 Å². The molecule has 4 nitrogen and oxygen atoms in total. The van der Waals surface area contributed by atoms with E-state index in [2.05, 4.69) is 31.2 Å². The maximum absolute atomic E-state index is 13.2. The molecule has 0 aliphatic carbocycles. The van der Waals surface area contributed by atoms with Gasteiger partial charge in [0.1, 0.15) is 0 Å². The van der Waals surface area contributed by atoms with Crippen LogP contribution in [0, 0.1) is 6.92 Å². The Morgan fingerprint density at radius 3 is 2.00 bits per heavy atom. The Morgan fingerprint density at radius 2 is 1.37 bits per heavy atom. The minimum atomic E-state index is -0.0318. The quantitative estimate of drug-likeness (QED) is 0.547. The summed E-state index contributed by atoms with van der Waals surface area (Å²) >= 11 is 0. The summed E-state index contributed by atoms with van der Waals surface area (Å²) in [5.74, 6) is 0. The minimum Gasteiger partial charge on any atom is -0.412 e. The molecule has 136 valence electrons. The summed E-state index contributed by atoms with van der Waals surface area (Å²) in [6.07, 6.45) is 1.95. The molecule has 0 unspecified atom stereocenters. The predicted molar refractivity (Wildman–Crippen MR) is 109 cm³/mol. The first-order chi connectivity index (χ1) is 12.7. The summed E-state index contributed by atoms with van der Waals surface area (Å²) in [6.45, 7) is 2.62. The lowest BCUT2D eigenvalue weighted by molar-refractivity contribution is 0.742. The van der Waals surface area contributed by atoms with Crippen LogP contribution < -0.4 is 5.69 Å². The first kappa shape index (κ1) is 18.4. The molecule has 2 N–H and O–H groups in total. The highest BCUT2D eigenvalue weighted by atomic mass is 16.1. The van der Waals surface area contributed by atoms with Crippen LogP contribution in [0.3, 0.4) is 0 Å². The maximum Gasteiger partial charge on any atom is 0.333 e. The van der Waals surface area contributed by atoms with Gasteiger partial charge in [-0.3, -0.25) is 9.13 Å². The van der Waals surface area contributed by atoms with Crippen molar-refractivity contribution in [2.45, 2.75) is 13.5 Å². The molecule has 4 rings (SSSR count). The first-order valence-corrected chi connectivity index (χ1v) is 8.71. The van der Waals surface area contributed by atoms with Crippen LogP contribution in [-0.4, -0.2) is 14.6 Å². The Balaban J connectivity index is 0.00000210. The van der Waals surface area contributed by atoms with Crippen LogP contribution >= 0.6 is 0 Å². The van der Waals surface area contributed by atoms with E-state index in [-0.39, 0.29) is 11.2 Å². The zero-order valence-electron chi connectivity index (χ0n) is 15.2. The first-order valence-electron chi connectivity index (χ1n) is 8.71. The van der Waals surface area contributed by atoms with Crippen LogP contribution in [0.2, 0.25) is 0 Å². The summed E-state index contributed by atoms with van der Waals surface area (Å²) in [5.41, 5.74) is 5.08. The molecule has 0 aliphatic heterocycles. The standard InChI is InChI=1S/C23H20N2O.H2O/c1-18-12-14-20(15-13-18)22-17-24(16-19-8-4-2-5-9-19)23(26)25(22)21-10-6-3-7-11-21;/h2-15,17H,16H2,1H3;1H2. The van der Waals surface area contributed by atoms with Crippen LogP contribution in [0.1, 0.15) is 11.1 Å². The molecule has 3 aromatic carbocycles. The third-order valence-corrected chi connectivity index (χ3v) is 4.51. The SMILES string of the molecule is Cc1ccc(-c2cn(Cc3ccccc3)c(=O)n2-c2ccccc2)cc1.O. The van der Waals surface area contributed by atoms with Crippen molar-refractivity contribution in [1.82, 2.24) is 9.13 Å². The molecule has 0 spiro atoms. The number of rotatable bonds is 4. The lowest BCUT2D eigenvalue weighted by Gasteiger charge is -2.07. The van der Waals surface area contributed by atoms with Crippen LogP contribution in [0.5, 0.6) is 0 Å². The van der Waals surface area contributed by atoms with Crippen LogP contribution in [0.15, 0.2) is 95.9 Å². The number of hydrogen-bond donors (Lipinski definition) is 0. The van der Waals surface area contributed by atoms with E-state index in [1.165, 1.54) is 5.56 Å². The number of para-hydroxylation sites is 1. The highest BCUT2D eigenvalue weighted by molar-refractivity contribution is 5.62. The van der Waals surface area contributed by atoms with Gasteiger partial charge in [-0.05, 0) is 24.6 Å². The maximum atomic E-state index is 13.2. The second kappa shape index (κ2) is 7.89. The van der Waals surface area contributed by atoms with E-state index in [0.717, 1.165) is 22.5 Å². The lowest BCUT2D eigenvalue weighted by Crippen LogP contribution is -2.23. The fourth-order valence-corrected chi connectivity index (χ4v) is 3.14. The number of benzene rings is 3. The number of aryl methyl sites for hydroxylation is 1. The second-order valence-electron chi connectivity index (χ2n) is 6.45. The monoisotopic (exact) mass is 358 g/mol. The largest absolute Gasteiger partial charge is 0.412 e. The van der Waals surface area contributed by atoms with Crippen LogP contribution in [-0.2, 0) is 6.54 Å². The number of imidazole rings is 1. The molecule has 0 radical (unpaired) electrons. The fraction of sp³-hybridized carbons (Fsp3) is 0.0870. The Kier molecular flexibility index (Phi) is 5.38. The fourth-order valence-electron chi connectivity index (χ4n) is 3.14. The summed E-state index contributed by atoms with van der Waals surface area (Å²) in [4.78, 5) is 13.2. The van der Waals surface area contributed by atoms with E-state index in [9.17, 15) is 4.79 Å². The van der Waals surface area contributed by atoms with Crippen LogP contribution in [0.25, 0.3) is 16.9 Å². The Labute approximate surface area is 158 Å². The van der Waals surface area contributed by atoms with Gasteiger partial charge in [-0.2, -0.15) is 0 Å². The van der Waals surface area contributed by atoms with Crippen molar-refractivity contribution in [3.05, 3.63) is 113 Å². The zero-order valence-corrected chi connectivity index (χ0v) is 15.2. The molecule has 4 heteroatoms. The second-order valence-corrected chi connectivity index (χ2v) is 6.45. The van der Waals surface area contributed by atoms with E-state index < -0.39 is 0 Å². The highest BCUT2D eigenvalue weighted by Gasteiger charge is 2.14. The summed E-state index contributed by atoms with van der Waals surface area (Å²) in [6, 6.07) is 28.1. The molecular formula is C23H22N2O2. The van der Waals surface area contributed by atoms with E-state index in [1.54, 1.807) is 9.13 Å². The summed E-state index contributed by atoms with van der Waals surface area (Å²) in [7, 11) is 0. The van der Waals surface area contributed by atoms with Gasteiger partial charge in [0.15, 0.2) is 0 Å². The third-order valence-electron chi connectivity index (χ3n) is 4.51. The molecule has 27 heavy (non-hydrogen) atoms. The summed E-state index contributed by atoms with van der Waals surface area (Å²) in [5, 5.41) is 0. The van der Waals surface area contributed by atoms with Crippen molar-refractivity contribution >= 4 is 0 Å². The average molecular weight is 358 g/mol. The van der Waals surface area contributed by atoms with Gasteiger partial charge in [0.25, 0.3) is 0 Å². The molecule has 0 atom stereocenters. The number of aromatic nitrogens is 2. The molecule has 4 aromatic rings. The highest BCUT2D eigenvalue weighted by Crippen LogP contribution is 2.22. The van der Waals surface area contributed by atoms with Gasteiger partial charge in [0, 0.05) is 11.8 Å². The average Bonchev–Trinajstić information content (AvgIpc) is 3.00. The molecule has 0 bridgehead atoms. The predicted octanol–water partition coefficient (Wildman–Crippen LogP) is 3.84. The lowest BCUT2D eigenvalue weighted by atomic mass is 10.1. The Bertz CT molecular complexity index is 1060. The van der Waals surface area contributed by atoms with Gasteiger partial charge in [-0.25, -0.2) is 4.79 Å². The molecule has 1 heterocycles. The summed E-state index contributed by atoms with van der Waals surface area (Å²) < 4.78 is 3.56. The number of nitrogens with zero attached hydrogens (tertiary/aromatic N) is 2. The van der Waals surface area contributed by atoms with E-state index in [0.29, 0.717) is 6.54 Å². The molecule has 0 amide bonds. The van der Waals surface area contributed by atoms with Crippen LogP contribution in [0.4, 0.5) is 0 Å². The normalized spacial score (nSPS) is 10.4. The van der Waals surface area contributed by atoms with E-state index in [4.69, 9.17) is 0 Å². The van der Waals surface area contributed by atoms with Crippen molar-refractivity contribution in [1.29, 1.82) is 0 Å². The van der Waals surface area contributed by atoms with Crippen molar-refractivity contribution in [3.8, 4) is 16.9 Å². The molecular weight excluding hydrogens is 336 g/mol. The molecule has 0 aliphatic rings. The molecule has 0 fully saturated rings. The van der Waals surface area contributed by atoms with Gasteiger partial charge < -0.3 is 5.48 Å². The molecule has 0 saturated heterocycles. The smallest absolute Gasteiger partial charge is 0.333 e. The van der Waals surface area contributed by atoms with Gasteiger partial charge in [0.2, 0.25) is 0 Å². The van der Waals surface area contributed by atoms with Gasteiger partial charge >= 0.3 is 5.69 Å². The zero-order chi connectivity index (χ0) is 17.9. The van der Waals surface area contributed by atoms with Crippen molar-refractivity contribution in [3.63, 3.8) is 0 Å². The van der Waals surface area contributed by atoms with Gasteiger partial charge in [-0.15, -0.1) is 0 Å². The molecule has 0 saturated carbocycles.